The van der Waals surface area contributed by atoms with Crippen LogP contribution in [0.4, 0.5) is 63.7 Å². The van der Waals surface area contributed by atoms with Crippen LogP contribution < -0.4 is 25.3 Å². The van der Waals surface area contributed by atoms with Crippen LogP contribution in [0.15, 0.2) is 147 Å². The van der Waals surface area contributed by atoms with Gasteiger partial charge in [-0.05, 0) is 249 Å². The van der Waals surface area contributed by atoms with Gasteiger partial charge in [0.1, 0.15) is 60.7 Å². The molecule has 8 aromatic rings. The van der Waals surface area contributed by atoms with Gasteiger partial charge in [-0.2, -0.15) is 19.9 Å². The van der Waals surface area contributed by atoms with Crippen LogP contribution in [0.3, 0.4) is 0 Å². The van der Waals surface area contributed by atoms with E-state index in [1.807, 2.05) is 49.8 Å². The first-order valence-corrected chi connectivity index (χ1v) is 32.4. The summed E-state index contributed by atoms with van der Waals surface area (Å²) in [5, 5.41) is 7.15. The Labute approximate surface area is 583 Å². The van der Waals surface area contributed by atoms with Crippen LogP contribution in [0.5, 0.6) is 0 Å². The molecule has 0 spiro atoms. The SMILES string of the molecule is C=C(C)CCCc1ccc(F)cc1.C=C(C)CCN(c1ccc(F)cc1)c1nc(Cl)nc(Cl)c1Br.C=C(C)CCN(c1ccc(F)cc1)c1nc(Cl)nc(NC)c1Br.CNc1nc(Cl)nc2c1C(C)(C)CCN2c1ccc(F)cc1.Clc1nc(Cl)c(Br)c(Cl)n1. The number of halogens is 14. The van der Waals surface area contributed by atoms with Crippen molar-refractivity contribution < 1.29 is 17.6 Å². The summed E-state index contributed by atoms with van der Waals surface area (Å²) in [5.74, 6) is 2.24. The molecule has 2 N–H and O–H groups in total. The van der Waals surface area contributed by atoms with Crippen molar-refractivity contribution in [3.8, 4) is 0 Å². The zero-order chi connectivity index (χ0) is 66.6. The fourth-order valence-corrected chi connectivity index (χ4v) is 10.9. The van der Waals surface area contributed by atoms with E-state index in [1.54, 1.807) is 43.4 Å². The van der Waals surface area contributed by atoms with Gasteiger partial charge in [-0.15, -0.1) is 19.7 Å². The third-order valence-electron chi connectivity index (χ3n) is 13.0. The van der Waals surface area contributed by atoms with E-state index in [9.17, 15) is 17.6 Å². The molecule has 0 atom stereocenters. The summed E-state index contributed by atoms with van der Waals surface area (Å²) < 4.78 is 53.8. The number of hydrogen-bond donors (Lipinski definition) is 2. The van der Waals surface area contributed by atoms with Gasteiger partial charge in [0.25, 0.3) is 0 Å². The minimum Gasteiger partial charge on any atom is -0.373 e. The highest BCUT2D eigenvalue weighted by Crippen LogP contribution is 2.45. The molecule has 0 saturated carbocycles. The smallest absolute Gasteiger partial charge is 0.226 e. The Kier molecular flexibility index (Phi) is 30.3. The molecule has 27 heteroatoms. The molecule has 1 aliphatic heterocycles. The van der Waals surface area contributed by atoms with Gasteiger partial charge < -0.3 is 25.3 Å². The molecule has 4 aromatic heterocycles. The second kappa shape index (κ2) is 36.2. The maximum absolute atomic E-state index is 13.2. The number of nitrogens with zero attached hydrogens (tertiary/aromatic N) is 11. The molecule has 90 heavy (non-hydrogen) atoms. The number of benzene rings is 4. The molecular formula is C63H63Br3Cl7F4N13. The largest absolute Gasteiger partial charge is 0.373 e. The van der Waals surface area contributed by atoms with E-state index < -0.39 is 0 Å². The third-order valence-corrected chi connectivity index (χ3v) is 17.4. The Morgan fingerprint density at radius 3 is 1.33 bits per heavy atom. The lowest BCUT2D eigenvalue weighted by atomic mass is 9.79. The van der Waals surface area contributed by atoms with Gasteiger partial charge in [-0.1, -0.05) is 77.5 Å². The van der Waals surface area contributed by atoms with Gasteiger partial charge in [-0.3, -0.25) is 0 Å². The highest BCUT2D eigenvalue weighted by atomic mass is 79.9. The van der Waals surface area contributed by atoms with Crippen LogP contribution in [0.1, 0.15) is 77.8 Å². The highest BCUT2D eigenvalue weighted by molar-refractivity contribution is 9.11. The second-order valence-corrected chi connectivity index (χ2v) is 25.5. The number of rotatable bonds is 17. The van der Waals surface area contributed by atoms with Crippen molar-refractivity contribution >= 4 is 175 Å². The number of hydrogen-bond acceptors (Lipinski definition) is 13. The van der Waals surface area contributed by atoms with Crippen LogP contribution in [-0.4, -0.2) is 73.6 Å². The average Bonchev–Trinajstić information content (AvgIpc) is 0.764. The van der Waals surface area contributed by atoms with Crippen molar-refractivity contribution in [3.05, 3.63) is 218 Å². The van der Waals surface area contributed by atoms with Crippen molar-refractivity contribution in [1.29, 1.82) is 0 Å². The van der Waals surface area contributed by atoms with E-state index in [-0.39, 0.29) is 65.3 Å². The number of nitrogens with one attached hydrogen (secondary N) is 2. The summed E-state index contributed by atoms with van der Waals surface area (Å²) in [6, 6.07) is 25.5. The summed E-state index contributed by atoms with van der Waals surface area (Å²) in [7, 11) is 3.58. The van der Waals surface area contributed by atoms with E-state index in [4.69, 9.17) is 81.2 Å². The summed E-state index contributed by atoms with van der Waals surface area (Å²) in [4.78, 5) is 38.5. The number of aryl methyl sites for hydroxylation is 1. The Balaban J connectivity index is 0.000000210. The lowest BCUT2D eigenvalue weighted by Crippen LogP contribution is -2.36. The van der Waals surface area contributed by atoms with Gasteiger partial charge >= 0.3 is 0 Å². The number of allylic oxidation sites excluding steroid dienone is 1. The van der Waals surface area contributed by atoms with Gasteiger partial charge in [0, 0.05) is 56.4 Å². The summed E-state index contributed by atoms with van der Waals surface area (Å²) in [6.45, 7) is 24.0. The molecule has 0 fully saturated rings. The Bertz CT molecular complexity index is 3710. The molecule has 0 aliphatic carbocycles. The van der Waals surface area contributed by atoms with E-state index in [2.05, 4.69) is 137 Å². The molecule has 0 saturated heterocycles. The predicted octanol–water partition coefficient (Wildman–Crippen LogP) is 22.0. The fourth-order valence-electron chi connectivity index (χ4n) is 8.41. The molecule has 13 nitrogen and oxygen atoms in total. The van der Waals surface area contributed by atoms with Gasteiger partial charge in [-0.25, -0.2) is 37.5 Å². The first-order chi connectivity index (χ1) is 42.5. The van der Waals surface area contributed by atoms with E-state index in [0.29, 0.717) is 44.0 Å². The second-order valence-electron chi connectivity index (χ2n) is 20.7. The number of anilines is 8. The molecule has 1 aliphatic rings. The maximum Gasteiger partial charge on any atom is 0.226 e. The standard InChI is InChI=1S/C16H17BrClFN4.C16H18ClFN4.C15H13BrCl2FN3.C12H15F.C4BrCl3N2/c1-10(2)8-9-23(12-6-4-11(19)5-7-12)15-13(17)14(20-3)21-16(18)22-15;1-16(2)8-9-22(11-6-4-10(18)5-7-11)14-12(16)13(19-3)20-15(17)21-14;1-9(2)7-8-22(11-5-3-10(19)4-6-11)14-12(16)13(17)20-15(18)21-14;1-10(2)4-3-5-11-6-8-12(13)9-7-11;5-1-2(6)9-4(8)10-3(1)7/h4-7H,1,8-9H2,2-3H3,(H,20,21,22);4-7H,8-9H2,1-3H3,(H,19,20,21);3-6H,1,7-8H2,2H3;6-9H,1,3-5H2,2H3;. The zero-order valence-electron chi connectivity index (χ0n) is 49.9. The molecule has 478 valence electrons. The normalized spacial score (nSPS) is 11.8. The molecule has 0 radical (unpaired) electrons. The van der Waals surface area contributed by atoms with Crippen LogP contribution in [-0.2, 0) is 11.8 Å². The first kappa shape index (κ1) is 75.3. The zero-order valence-corrected chi connectivity index (χ0v) is 60.0. The Hall–Kier alpha value is -5.39. The van der Waals surface area contributed by atoms with Crippen molar-refractivity contribution in [2.24, 2.45) is 0 Å². The van der Waals surface area contributed by atoms with Gasteiger partial charge in [0.05, 0.1) is 8.95 Å². The molecule has 0 unspecified atom stereocenters. The number of fused-ring (bicyclic) bond motifs is 1. The highest BCUT2D eigenvalue weighted by Gasteiger charge is 2.36. The van der Waals surface area contributed by atoms with Gasteiger partial charge in [0.2, 0.25) is 21.1 Å². The monoisotopic (exact) mass is 1560 g/mol. The van der Waals surface area contributed by atoms with E-state index in [0.717, 1.165) is 90.5 Å². The Morgan fingerprint density at radius 2 is 0.889 bits per heavy atom. The molecule has 9 rings (SSSR count). The van der Waals surface area contributed by atoms with E-state index >= 15 is 0 Å². The minimum absolute atomic E-state index is 0.0400. The van der Waals surface area contributed by atoms with Crippen LogP contribution in [0, 0.1) is 23.3 Å². The third kappa shape index (κ3) is 23.0. The van der Waals surface area contributed by atoms with Crippen LogP contribution in [0.2, 0.25) is 36.6 Å². The summed E-state index contributed by atoms with van der Waals surface area (Å²) in [6.07, 6.45) is 5.60. The molecule has 4 aromatic carbocycles. The molecule has 0 amide bonds. The van der Waals surface area contributed by atoms with Gasteiger partial charge in [0.15, 0.2) is 11.6 Å². The minimum atomic E-state index is -0.304. The maximum atomic E-state index is 13.2. The van der Waals surface area contributed by atoms with Crippen molar-refractivity contribution in [1.82, 2.24) is 39.9 Å². The van der Waals surface area contributed by atoms with Crippen molar-refractivity contribution in [2.75, 3.05) is 59.1 Å². The fraction of sp³-hybridized carbons (Fsp3) is 0.270. The van der Waals surface area contributed by atoms with Crippen molar-refractivity contribution in [3.63, 3.8) is 0 Å². The van der Waals surface area contributed by atoms with Crippen LogP contribution >= 0.6 is 129 Å². The topological polar surface area (TPSA) is 137 Å². The predicted molar refractivity (Wildman–Crippen MR) is 376 cm³/mol. The first-order valence-electron chi connectivity index (χ1n) is 27.4. The quantitative estimate of drug-likeness (QED) is 0.0388. The molecular weight excluding hydrogens is 1500 g/mol. The van der Waals surface area contributed by atoms with Crippen molar-refractivity contribution in [2.45, 2.75) is 78.6 Å². The van der Waals surface area contributed by atoms with Crippen LogP contribution in [0.25, 0.3) is 0 Å². The number of aromatic nitrogens is 8. The lowest BCUT2D eigenvalue weighted by Gasteiger charge is -2.39. The lowest BCUT2D eigenvalue weighted by molar-refractivity contribution is 0.463. The molecule has 0 bridgehead atoms. The van der Waals surface area contributed by atoms with E-state index in [1.165, 1.54) is 59.7 Å². The molecule has 5 heterocycles. The summed E-state index contributed by atoms with van der Waals surface area (Å²) in [5.41, 5.74) is 7.93. The average molecular weight is 1570 g/mol. The summed E-state index contributed by atoms with van der Waals surface area (Å²) >= 11 is 50.5. The Morgan fingerprint density at radius 1 is 0.511 bits per heavy atom.